The summed E-state index contributed by atoms with van der Waals surface area (Å²) in [6.45, 7) is -0.862. The van der Waals surface area contributed by atoms with E-state index < -0.39 is 36.3 Å². The van der Waals surface area contributed by atoms with E-state index in [9.17, 15) is 20.3 Å². The second-order valence-corrected chi connectivity index (χ2v) is 4.42. The number of nitrogens with two attached hydrogens (primary N) is 1. The van der Waals surface area contributed by atoms with Crippen LogP contribution in [0.2, 0.25) is 0 Å². The van der Waals surface area contributed by atoms with Crippen LogP contribution in [0.4, 0.5) is 5.82 Å². The molecule has 1 fully saturated rings. The predicted octanol–water partition coefficient (Wildman–Crippen LogP) is -1.22. The minimum Gasteiger partial charge on any atom is -0.393 e. The molecule has 0 unspecified atom stereocenters. The van der Waals surface area contributed by atoms with E-state index in [0.717, 1.165) is 4.57 Å². The molecule has 1 aromatic heterocycles. The van der Waals surface area contributed by atoms with E-state index in [0.29, 0.717) is 0 Å². The van der Waals surface area contributed by atoms with Gasteiger partial charge in [-0.25, -0.2) is 4.79 Å². The van der Waals surface area contributed by atoms with Crippen molar-refractivity contribution in [1.82, 2.24) is 9.55 Å². The fraction of sp³-hybridized carbons (Fsp3) is 0.500. The fourth-order valence-electron chi connectivity index (χ4n) is 2.12. The zero-order chi connectivity index (χ0) is 15.7. The molecule has 0 spiro atoms. The maximum Gasteiger partial charge on any atom is 0.352 e. The van der Waals surface area contributed by atoms with Gasteiger partial charge in [-0.05, 0) is 11.6 Å². The lowest BCUT2D eigenvalue weighted by molar-refractivity contribution is -0.152. The average Bonchev–Trinajstić information content (AvgIpc) is 2.73. The third-order valence-corrected chi connectivity index (χ3v) is 3.17. The van der Waals surface area contributed by atoms with Crippen LogP contribution in [-0.4, -0.2) is 38.2 Å². The second kappa shape index (κ2) is 5.04. The molecular weight excluding hydrogens is 282 g/mol. The molecule has 0 aliphatic carbocycles. The van der Waals surface area contributed by atoms with Gasteiger partial charge in [-0.15, -0.1) is 0 Å². The summed E-state index contributed by atoms with van der Waals surface area (Å²) in [6.07, 6.45) is -0.707. The van der Waals surface area contributed by atoms with E-state index in [1.165, 1.54) is 12.3 Å². The smallest absolute Gasteiger partial charge is 0.352 e. The number of hydrogen-bond acceptors (Lipinski definition) is 8. The minimum atomic E-state index is -2.05. The molecule has 11 heteroatoms. The number of nitriles is 1. The van der Waals surface area contributed by atoms with Crippen LogP contribution in [-0.2, 0) is 10.5 Å². The maximum absolute atomic E-state index is 11.8. The molecule has 3 atom stereocenters. The van der Waals surface area contributed by atoms with Crippen LogP contribution in [0.1, 0.15) is 6.42 Å². The summed E-state index contributed by atoms with van der Waals surface area (Å²) in [6, 6.07) is 3.00. The first kappa shape index (κ1) is 14.8. The van der Waals surface area contributed by atoms with Gasteiger partial charge in [0.25, 0.3) is 0 Å². The monoisotopic (exact) mass is 293 g/mol. The number of anilines is 1. The SMILES string of the molecule is N#C[C@]1(n2ccc(N)nc2=O)C[C@H](O)[C@](CO)(N=[N+]=[N-])O1. The van der Waals surface area contributed by atoms with E-state index in [4.69, 9.17) is 16.0 Å². The number of aliphatic hydroxyl groups is 2. The highest BCUT2D eigenvalue weighted by Gasteiger charge is 2.57. The highest BCUT2D eigenvalue weighted by atomic mass is 16.6. The molecule has 0 aromatic carbocycles. The average molecular weight is 293 g/mol. The quantitative estimate of drug-likeness (QED) is 0.354. The van der Waals surface area contributed by atoms with Crippen molar-refractivity contribution in [3.05, 3.63) is 33.2 Å². The first-order chi connectivity index (χ1) is 9.93. The zero-order valence-electron chi connectivity index (χ0n) is 10.6. The van der Waals surface area contributed by atoms with E-state index in [1.54, 1.807) is 6.07 Å². The van der Waals surface area contributed by atoms with Crippen molar-refractivity contribution < 1.29 is 14.9 Å². The van der Waals surface area contributed by atoms with Crippen molar-refractivity contribution in [3.63, 3.8) is 0 Å². The Morgan fingerprint density at radius 3 is 3.05 bits per heavy atom. The van der Waals surface area contributed by atoms with Gasteiger partial charge in [0.2, 0.25) is 5.72 Å². The summed E-state index contributed by atoms with van der Waals surface area (Å²) in [5, 5.41) is 31.9. The molecule has 110 valence electrons. The number of aromatic nitrogens is 2. The Morgan fingerprint density at radius 1 is 1.81 bits per heavy atom. The molecule has 4 N–H and O–H groups in total. The van der Waals surface area contributed by atoms with Crippen LogP contribution in [0.5, 0.6) is 0 Å². The molecule has 0 bridgehead atoms. The molecule has 1 saturated heterocycles. The first-order valence-electron chi connectivity index (χ1n) is 5.75. The third-order valence-electron chi connectivity index (χ3n) is 3.17. The number of ether oxygens (including phenoxy) is 1. The second-order valence-electron chi connectivity index (χ2n) is 4.42. The number of rotatable bonds is 3. The highest BCUT2D eigenvalue weighted by Crippen LogP contribution is 2.41. The van der Waals surface area contributed by atoms with Crippen LogP contribution in [0.15, 0.2) is 22.2 Å². The molecular formula is C10H11N7O4. The third kappa shape index (κ3) is 2.18. The molecule has 1 aliphatic rings. The van der Waals surface area contributed by atoms with E-state index in [-0.39, 0.29) is 5.82 Å². The lowest BCUT2D eigenvalue weighted by Crippen LogP contribution is -2.45. The summed E-state index contributed by atoms with van der Waals surface area (Å²) < 4.78 is 6.11. The van der Waals surface area contributed by atoms with Crippen LogP contribution in [0, 0.1) is 11.3 Å². The van der Waals surface area contributed by atoms with Gasteiger partial charge in [0, 0.05) is 17.5 Å². The lowest BCUT2D eigenvalue weighted by Gasteiger charge is -2.27. The summed E-state index contributed by atoms with van der Waals surface area (Å²) in [7, 11) is 0. The van der Waals surface area contributed by atoms with Crippen molar-refractivity contribution >= 4 is 5.82 Å². The molecule has 2 heterocycles. The van der Waals surface area contributed by atoms with Crippen molar-refractivity contribution in [2.45, 2.75) is 24.0 Å². The van der Waals surface area contributed by atoms with E-state index >= 15 is 0 Å². The fourth-order valence-corrected chi connectivity index (χ4v) is 2.12. The molecule has 11 nitrogen and oxygen atoms in total. The summed E-state index contributed by atoms with van der Waals surface area (Å²) in [5.41, 5.74) is 8.99. The predicted molar refractivity (Wildman–Crippen MR) is 67.2 cm³/mol. The van der Waals surface area contributed by atoms with Crippen molar-refractivity contribution in [2.24, 2.45) is 5.11 Å². The number of hydrogen-bond donors (Lipinski definition) is 3. The Hall–Kier alpha value is -2.64. The summed E-state index contributed by atoms with van der Waals surface area (Å²) in [5.74, 6) is -0.0497. The molecule has 21 heavy (non-hydrogen) atoms. The van der Waals surface area contributed by atoms with Crippen LogP contribution >= 0.6 is 0 Å². The van der Waals surface area contributed by atoms with Gasteiger partial charge >= 0.3 is 5.69 Å². The summed E-state index contributed by atoms with van der Waals surface area (Å²) >= 11 is 0. The van der Waals surface area contributed by atoms with Crippen LogP contribution in [0.25, 0.3) is 10.4 Å². The number of aliphatic hydroxyl groups excluding tert-OH is 2. The van der Waals surface area contributed by atoms with Gasteiger partial charge in [0.15, 0.2) is 5.72 Å². The molecule has 1 aliphatic heterocycles. The standard InChI is InChI=1S/C10H11N7O4/c11-4-9(17-2-1-7(12)14-8(17)20)3-6(19)10(5-18,21-9)15-16-13/h1-2,6,18-19H,3,5H2,(H2,12,14,20)/t6-,9-,10+/m0/s1. The van der Waals surface area contributed by atoms with Gasteiger partial charge in [-0.2, -0.15) is 10.2 Å². The van der Waals surface area contributed by atoms with E-state index in [2.05, 4.69) is 15.0 Å². The van der Waals surface area contributed by atoms with Gasteiger partial charge in [0.05, 0.1) is 12.7 Å². The van der Waals surface area contributed by atoms with Crippen molar-refractivity contribution in [3.8, 4) is 6.07 Å². The summed E-state index contributed by atoms with van der Waals surface area (Å²) in [4.78, 5) is 17.8. The Balaban J connectivity index is 2.58. The Morgan fingerprint density at radius 2 is 2.52 bits per heavy atom. The topological polar surface area (TPSA) is 183 Å². The van der Waals surface area contributed by atoms with Crippen LogP contribution in [0.3, 0.4) is 0 Å². The van der Waals surface area contributed by atoms with Gasteiger partial charge in [-0.3, -0.25) is 4.57 Å². The Kier molecular flexibility index (Phi) is 3.54. The normalized spacial score (nSPS) is 31.4. The highest BCUT2D eigenvalue weighted by molar-refractivity contribution is 5.25. The number of nitrogen functional groups attached to an aromatic ring is 1. The van der Waals surface area contributed by atoms with E-state index in [1.807, 2.05) is 0 Å². The molecule has 0 amide bonds. The molecule has 0 saturated carbocycles. The largest absolute Gasteiger partial charge is 0.393 e. The zero-order valence-corrected chi connectivity index (χ0v) is 10.6. The van der Waals surface area contributed by atoms with Crippen LogP contribution < -0.4 is 11.4 Å². The first-order valence-corrected chi connectivity index (χ1v) is 5.75. The van der Waals surface area contributed by atoms with Gasteiger partial charge in [-0.1, -0.05) is 5.11 Å². The van der Waals surface area contributed by atoms with Gasteiger partial charge in [0.1, 0.15) is 11.9 Å². The Bertz CT molecular complexity index is 706. The lowest BCUT2D eigenvalue weighted by atomic mass is 10.0. The molecule has 0 radical (unpaired) electrons. The maximum atomic E-state index is 11.8. The van der Waals surface area contributed by atoms with Crippen molar-refractivity contribution in [2.75, 3.05) is 12.3 Å². The van der Waals surface area contributed by atoms with Crippen molar-refractivity contribution in [1.29, 1.82) is 5.26 Å². The molecule has 2 rings (SSSR count). The molecule has 1 aromatic rings. The minimum absolute atomic E-state index is 0.0497. The number of azide groups is 1. The number of nitrogens with zero attached hydrogens (tertiary/aromatic N) is 6. The Labute approximate surface area is 117 Å². The van der Waals surface area contributed by atoms with Gasteiger partial charge < -0.3 is 20.7 Å².